The van der Waals surface area contributed by atoms with Crippen LogP contribution in [0.3, 0.4) is 0 Å². The molecular weight excluding hydrogens is 398 g/mol. The van der Waals surface area contributed by atoms with Gasteiger partial charge in [0.25, 0.3) is 5.91 Å². The summed E-state index contributed by atoms with van der Waals surface area (Å²) in [6.45, 7) is 4.27. The summed E-state index contributed by atoms with van der Waals surface area (Å²) in [7, 11) is 0. The number of aromatic nitrogens is 4. The van der Waals surface area contributed by atoms with Gasteiger partial charge in [-0.2, -0.15) is 0 Å². The maximum atomic E-state index is 12.6. The van der Waals surface area contributed by atoms with Crippen molar-refractivity contribution in [1.29, 1.82) is 0 Å². The van der Waals surface area contributed by atoms with Crippen LogP contribution in [0.15, 0.2) is 45.3 Å². The van der Waals surface area contributed by atoms with Crippen molar-refractivity contribution in [2.45, 2.75) is 42.9 Å². The molecule has 0 saturated carbocycles. The topological polar surface area (TPSA) is 77.1 Å². The Labute approximate surface area is 172 Å². The van der Waals surface area contributed by atoms with Crippen LogP contribution in [-0.4, -0.2) is 43.6 Å². The lowest BCUT2D eigenvalue weighted by atomic mass is 10.1. The highest BCUT2D eigenvalue weighted by Gasteiger charge is 2.21. The van der Waals surface area contributed by atoms with Crippen LogP contribution in [-0.2, 0) is 6.54 Å². The fourth-order valence-corrected chi connectivity index (χ4v) is 4.35. The van der Waals surface area contributed by atoms with Crippen molar-refractivity contribution in [2.24, 2.45) is 0 Å². The monoisotopic (exact) mass is 417 g/mol. The van der Waals surface area contributed by atoms with Crippen LogP contribution in [0.5, 0.6) is 0 Å². The highest BCUT2D eigenvalue weighted by atomic mass is 35.5. The Morgan fingerprint density at radius 2 is 2.11 bits per heavy atom. The van der Waals surface area contributed by atoms with Gasteiger partial charge in [0.2, 0.25) is 0 Å². The number of amides is 1. The van der Waals surface area contributed by atoms with Crippen LogP contribution < -0.4 is 0 Å². The molecule has 0 spiro atoms. The van der Waals surface area contributed by atoms with E-state index in [0.29, 0.717) is 38.9 Å². The van der Waals surface area contributed by atoms with E-state index in [2.05, 4.69) is 15.2 Å². The van der Waals surface area contributed by atoms with Crippen LogP contribution in [0.2, 0.25) is 5.02 Å². The first-order valence-electron chi connectivity index (χ1n) is 9.27. The van der Waals surface area contributed by atoms with Crippen LogP contribution >= 0.6 is 23.4 Å². The Balaban J connectivity index is 1.55. The average Bonchev–Trinajstić information content (AvgIpc) is 3.39. The number of halogens is 1. The molecule has 0 radical (unpaired) electrons. The van der Waals surface area contributed by atoms with Gasteiger partial charge in [-0.05, 0) is 56.1 Å². The van der Waals surface area contributed by atoms with Crippen molar-refractivity contribution >= 4 is 29.3 Å². The van der Waals surface area contributed by atoms with Crippen molar-refractivity contribution < 1.29 is 9.21 Å². The molecule has 0 aliphatic carbocycles. The van der Waals surface area contributed by atoms with E-state index < -0.39 is 0 Å². The molecule has 146 valence electrons. The molecule has 4 rings (SSSR count). The van der Waals surface area contributed by atoms with E-state index in [0.717, 1.165) is 25.9 Å². The van der Waals surface area contributed by atoms with Gasteiger partial charge in [0.15, 0.2) is 16.7 Å². The van der Waals surface area contributed by atoms with E-state index in [9.17, 15) is 4.79 Å². The van der Waals surface area contributed by atoms with Crippen molar-refractivity contribution in [3.8, 4) is 11.6 Å². The van der Waals surface area contributed by atoms with Gasteiger partial charge in [-0.3, -0.25) is 9.36 Å². The number of hydrogen-bond acceptors (Lipinski definition) is 6. The third kappa shape index (κ3) is 3.79. The summed E-state index contributed by atoms with van der Waals surface area (Å²) in [6.07, 6.45) is 6.46. The van der Waals surface area contributed by atoms with E-state index in [-0.39, 0.29) is 5.91 Å². The molecule has 28 heavy (non-hydrogen) atoms. The van der Waals surface area contributed by atoms with Gasteiger partial charge in [0, 0.05) is 25.8 Å². The lowest BCUT2D eigenvalue weighted by molar-refractivity contribution is 0.0724. The molecule has 1 fully saturated rings. The Hall–Kier alpha value is -2.32. The number of piperidine rings is 1. The summed E-state index contributed by atoms with van der Waals surface area (Å²) in [5.74, 6) is 1.30. The molecule has 3 aromatic heterocycles. The lowest BCUT2D eigenvalue weighted by Crippen LogP contribution is -2.35. The SMILES string of the molecule is CCn1c(Sc2ncc(C(=O)N3CCCCC3)cc2Cl)nnc1-c1ccco1. The number of hydrogen-bond donors (Lipinski definition) is 0. The van der Waals surface area contributed by atoms with Crippen LogP contribution in [0.4, 0.5) is 0 Å². The molecular formula is C19H20ClN5O2S. The zero-order valence-electron chi connectivity index (χ0n) is 15.5. The van der Waals surface area contributed by atoms with Gasteiger partial charge < -0.3 is 9.32 Å². The van der Waals surface area contributed by atoms with Gasteiger partial charge in [-0.1, -0.05) is 11.6 Å². The first kappa shape index (κ1) is 19.0. The van der Waals surface area contributed by atoms with Gasteiger partial charge in [0.1, 0.15) is 5.03 Å². The first-order chi connectivity index (χ1) is 13.7. The second-order valence-electron chi connectivity index (χ2n) is 6.49. The fraction of sp³-hybridized carbons (Fsp3) is 0.368. The molecule has 0 bridgehead atoms. The third-order valence-electron chi connectivity index (χ3n) is 4.66. The van der Waals surface area contributed by atoms with E-state index in [1.54, 1.807) is 18.5 Å². The van der Waals surface area contributed by atoms with Crippen LogP contribution in [0, 0.1) is 0 Å². The molecule has 0 aromatic carbocycles. The second-order valence-corrected chi connectivity index (χ2v) is 7.86. The number of nitrogens with zero attached hydrogens (tertiary/aromatic N) is 5. The molecule has 1 saturated heterocycles. The van der Waals surface area contributed by atoms with Gasteiger partial charge in [-0.15, -0.1) is 10.2 Å². The predicted molar refractivity (Wildman–Crippen MR) is 107 cm³/mol. The molecule has 0 N–H and O–H groups in total. The van der Waals surface area contributed by atoms with E-state index in [1.165, 1.54) is 18.2 Å². The zero-order chi connectivity index (χ0) is 19.5. The van der Waals surface area contributed by atoms with E-state index in [4.69, 9.17) is 16.0 Å². The summed E-state index contributed by atoms with van der Waals surface area (Å²) in [5, 5.41) is 10.2. The molecule has 4 heterocycles. The Kier molecular flexibility index (Phi) is 5.68. The molecule has 9 heteroatoms. The van der Waals surface area contributed by atoms with Gasteiger partial charge >= 0.3 is 0 Å². The van der Waals surface area contributed by atoms with Gasteiger partial charge in [-0.25, -0.2) is 4.98 Å². The number of rotatable bonds is 5. The highest BCUT2D eigenvalue weighted by Crippen LogP contribution is 2.33. The summed E-state index contributed by atoms with van der Waals surface area (Å²) >= 11 is 7.75. The summed E-state index contributed by atoms with van der Waals surface area (Å²) in [4.78, 5) is 18.9. The van der Waals surface area contributed by atoms with E-state index in [1.807, 2.05) is 28.5 Å². The zero-order valence-corrected chi connectivity index (χ0v) is 17.0. The average molecular weight is 418 g/mol. The van der Waals surface area contributed by atoms with Crippen molar-refractivity contribution in [1.82, 2.24) is 24.6 Å². The second kappa shape index (κ2) is 8.36. The number of likely N-dealkylation sites (tertiary alicyclic amines) is 1. The van der Waals surface area contributed by atoms with Crippen LogP contribution in [0.25, 0.3) is 11.6 Å². The first-order valence-corrected chi connectivity index (χ1v) is 10.5. The summed E-state index contributed by atoms with van der Waals surface area (Å²) < 4.78 is 7.37. The van der Waals surface area contributed by atoms with E-state index >= 15 is 0 Å². The van der Waals surface area contributed by atoms with Crippen molar-refractivity contribution in [3.63, 3.8) is 0 Å². The maximum absolute atomic E-state index is 12.6. The minimum absolute atomic E-state index is 0.0116. The Morgan fingerprint density at radius 3 is 2.79 bits per heavy atom. The molecule has 7 nitrogen and oxygen atoms in total. The van der Waals surface area contributed by atoms with Crippen molar-refractivity contribution in [3.05, 3.63) is 41.2 Å². The number of carbonyl (C=O) groups is 1. The van der Waals surface area contributed by atoms with Gasteiger partial charge in [0.05, 0.1) is 16.8 Å². The maximum Gasteiger partial charge on any atom is 0.255 e. The summed E-state index contributed by atoms with van der Waals surface area (Å²) in [5.41, 5.74) is 0.518. The van der Waals surface area contributed by atoms with Crippen LogP contribution in [0.1, 0.15) is 36.5 Å². The minimum atomic E-state index is -0.0116. The van der Waals surface area contributed by atoms with Crippen molar-refractivity contribution in [2.75, 3.05) is 13.1 Å². The smallest absolute Gasteiger partial charge is 0.255 e. The lowest BCUT2D eigenvalue weighted by Gasteiger charge is -2.26. The molecule has 1 aliphatic heterocycles. The molecule has 3 aromatic rings. The quantitative estimate of drug-likeness (QED) is 0.612. The molecule has 1 aliphatic rings. The Morgan fingerprint density at radius 1 is 1.29 bits per heavy atom. The molecule has 1 amide bonds. The Bertz CT molecular complexity index is 967. The minimum Gasteiger partial charge on any atom is -0.461 e. The predicted octanol–water partition coefficient (Wildman–Crippen LogP) is 4.38. The molecule has 0 atom stereocenters. The largest absolute Gasteiger partial charge is 0.461 e. The number of pyridine rings is 1. The fourth-order valence-electron chi connectivity index (χ4n) is 3.22. The standard InChI is InChI=1S/C19H20ClN5O2S/c1-2-25-16(15-7-6-10-27-15)22-23-19(25)28-17-14(20)11-13(12-21-17)18(26)24-8-4-3-5-9-24/h6-7,10-12H,2-5,8-9H2,1H3. The number of furan rings is 1. The molecule has 0 unspecified atom stereocenters. The normalized spacial score (nSPS) is 14.4. The highest BCUT2D eigenvalue weighted by molar-refractivity contribution is 7.99. The number of carbonyl (C=O) groups excluding carboxylic acids is 1. The third-order valence-corrected chi connectivity index (χ3v) is 6.06. The summed E-state index contributed by atoms with van der Waals surface area (Å²) in [6, 6.07) is 5.35.